The van der Waals surface area contributed by atoms with Gasteiger partial charge in [0.1, 0.15) is 0 Å². The number of halogens is 3. The molecule has 0 bridgehead atoms. The molecule has 0 amide bonds. The van der Waals surface area contributed by atoms with Crippen molar-refractivity contribution in [3.63, 3.8) is 0 Å². The molecule has 1 rings (SSSR count). The Balaban J connectivity index is 3.17. The van der Waals surface area contributed by atoms with Crippen LogP contribution in [-0.4, -0.2) is 31.0 Å². The number of alkyl halides is 3. The highest BCUT2D eigenvalue weighted by Crippen LogP contribution is 2.32. The number of aromatic nitrogens is 1. The lowest BCUT2D eigenvalue weighted by Crippen LogP contribution is -2.19. The molecule has 0 aliphatic rings. The van der Waals surface area contributed by atoms with Crippen molar-refractivity contribution in [1.29, 1.82) is 0 Å². The lowest BCUT2D eigenvalue weighted by molar-refractivity contribution is -0.276. The van der Waals surface area contributed by atoms with Gasteiger partial charge in [0, 0.05) is 6.07 Å². The molecule has 5 nitrogen and oxygen atoms in total. The van der Waals surface area contributed by atoms with Crippen LogP contribution in [0.4, 0.5) is 13.2 Å². The SMILES string of the molecule is CCOC(=O)c1cc(OC)c(OC(F)(F)F)nc1C. The average Bonchev–Trinajstić information content (AvgIpc) is 2.27. The number of esters is 1. The van der Waals surface area contributed by atoms with Crippen molar-refractivity contribution in [3.05, 3.63) is 17.3 Å². The van der Waals surface area contributed by atoms with E-state index >= 15 is 0 Å². The van der Waals surface area contributed by atoms with Crippen LogP contribution in [0.5, 0.6) is 11.6 Å². The number of hydrogen-bond acceptors (Lipinski definition) is 5. The van der Waals surface area contributed by atoms with Crippen LogP contribution in [0, 0.1) is 6.92 Å². The number of carbonyl (C=O) groups excluding carboxylic acids is 1. The first-order valence-electron chi connectivity index (χ1n) is 5.27. The molecular formula is C11H12F3NO4. The van der Waals surface area contributed by atoms with E-state index in [2.05, 4.69) is 9.72 Å². The Bertz CT molecular complexity index is 474. The second kappa shape index (κ2) is 5.77. The molecule has 106 valence electrons. The summed E-state index contributed by atoms with van der Waals surface area (Å²) in [5, 5.41) is 0. The Hall–Kier alpha value is -1.99. The Morgan fingerprint density at radius 1 is 1.42 bits per heavy atom. The van der Waals surface area contributed by atoms with Crippen LogP contribution in [0.25, 0.3) is 0 Å². The van der Waals surface area contributed by atoms with Crippen LogP contribution in [-0.2, 0) is 4.74 Å². The summed E-state index contributed by atoms with van der Waals surface area (Å²) in [6.45, 7) is 3.12. The Morgan fingerprint density at radius 3 is 2.53 bits per heavy atom. The minimum absolute atomic E-state index is 0.0215. The van der Waals surface area contributed by atoms with E-state index in [9.17, 15) is 18.0 Å². The molecular weight excluding hydrogens is 267 g/mol. The third kappa shape index (κ3) is 4.01. The van der Waals surface area contributed by atoms with Gasteiger partial charge in [-0.25, -0.2) is 9.78 Å². The van der Waals surface area contributed by atoms with Crippen molar-refractivity contribution in [1.82, 2.24) is 4.98 Å². The molecule has 0 aliphatic carbocycles. The molecule has 0 aromatic carbocycles. The summed E-state index contributed by atoms with van der Waals surface area (Å²) in [6, 6.07) is 1.10. The fourth-order valence-electron chi connectivity index (χ4n) is 1.31. The lowest BCUT2D eigenvalue weighted by atomic mass is 10.2. The predicted octanol–water partition coefficient (Wildman–Crippen LogP) is 2.47. The Labute approximate surface area is 107 Å². The second-order valence-electron chi connectivity index (χ2n) is 3.40. The van der Waals surface area contributed by atoms with Gasteiger partial charge >= 0.3 is 12.3 Å². The van der Waals surface area contributed by atoms with E-state index in [0.717, 1.165) is 13.2 Å². The first-order valence-corrected chi connectivity index (χ1v) is 5.27. The second-order valence-corrected chi connectivity index (χ2v) is 3.40. The van der Waals surface area contributed by atoms with E-state index in [0.29, 0.717) is 0 Å². The number of nitrogens with zero attached hydrogens (tertiary/aromatic N) is 1. The van der Waals surface area contributed by atoms with Gasteiger partial charge in [0.2, 0.25) is 0 Å². The number of methoxy groups -OCH3 is 1. The molecule has 0 saturated carbocycles. The van der Waals surface area contributed by atoms with Crippen LogP contribution < -0.4 is 9.47 Å². The first kappa shape index (κ1) is 15.1. The van der Waals surface area contributed by atoms with Crippen LogP contribution in [0.1, 0.15) is 23.0 Å². The standard InChI is InChI=1S/C11H12F3NO4/c1-4-18-10(16)7-5-8(17-3)9(15-6(7)2)19-11(12,13)14/h5H,4H2,1-3H3. The predicted molar refractivity (Wildman–Crippen MR) is 58.2 cm³/mol. The molecule has 0 aliphatic heterocycles. The van der Waals surface area contributed by atoms with Gasteiger partial charge in [-0.1, -0.05) is 0 Å². The molecule has 0 radical (unpaired) electrons. The molecule has 0 fully saturated rings. The quantitative estimate of drug-likeness (QED) is 0.792. The van der Waals surface area contributed by atoms with Crippen LogP contribution in [0.15, 0.2) is 6.07 Å². The summed E-state index contributed by atoms with van der Waals surface area (Å²) in [4.78, 5) is 15.1. The van der Waals surface area contributed by atoms with Gasteiger partial charge in [-0.3, -0.25) is 0 Å². The molecule has 0 N–H and O–H groups in total. The molecule has 19 heavy (non-hydrogen) atoms. The van der Waals surface area contributed by atoms with Crippen LogP contribution in [0.2, 0.25) is 0 Å². The normalized spacial score (nSPS) is 11.1. The smallest absolute Gasteiger partial charge is 0.491 e. The zero-order chi connectivity index (χ0) is 14.6. The molecule has 0 atom stereocenters. The summed E-state index contributed by atoms with van der Waals surface area (Å²) in [5.41, 5.74) is 0.0757. The molecule has 1 aromatic heterocycles. The maximum Gasteiger partial charge on any atom is 0.574 e. The third-order valence-electron chi connectivity index (χ3n) is 2.07. The number of rotatable bonds is 4. The molecule has 0 unspecified atom stereocenters. The molecule has 1 heterocycles. The fourth-order valence-corrected chi connectivity index (χ4v) is 1.31. The number of pyridine rings is 1. The maximum absolute atomic E-state index is 12.2. The summed E-state index contributed by atoms with van der Waals surface area (Å²) in [5.74, 6) is -1.74. The van der Waals surface area contributed by atoms with Gasteiger partial charge in [-0.15, -0.1) is 13.2 Å². The summed E-state index contributed by atoms with van der Waals surface area (Å²) < 4.78 is 49.7. The number of carbonyl (C=O) groups is 1. The maximum atomic E-state index is 12.2. The van der Waals surface area contributed by atoms with E-state index in [4.69, 9.17) is 9.47 Å². The zero-order valence-electron chi connectivity index (χ0n) is 10.5. The monoisotopic (exact) mass is 279 g/mol. The summed E-state index contributed by atoms with van der Waals surface area (Å²) in [6.07, 6.45) is -4.89. The molecule has 1 aromatic rings. The van der Waals surface area contributed by atoms with Crippen LogP contribution in [0.3, 0.4) is 0 Å². The van der Waals surface area contributed by atoms with Crippen molar-refractivity contribution in [2.24, 2.45) is 0 Å². The summed E-state index contributed by atoms with van der Waals surface area (Å²) in [7, 11) is 1.14. The highest BCUT2D eigenvalue weighted by atomic mass is 19.4. The highest BCUT2D eigenvalue weighted by Gasteiger charge is 2.34. The molecule has 0 saturated heterocycles. The fraction of sp³-hybridized carbons (Fsp3) is 0.455. The Morgan fingerprint density at radius 2 is 2.05 bits per heavy atom. The van der Waals surface area contributed by atoms with Crippen molar-refractivity contribution in [2.45, 2.75) is 20.2 Å². The molecule has 0 spiro atoms. The Kier molecular flexibility index (Phi) is 4.57. The van der Waals surface area contributed by atoms with E-state index in [1.807, 2.05) is 0 Å². The van der Waals surface area contributed by atoms with E-state index < -0.39 is 18.2 Å². The number of ether oxygens (including phenoxy) is 3. The van der Waals surface area contributed by atoms with Crippen molar-refractivity contribution >= 4 is 5.97 Å². The average molecular weight is 279 g/mol. The van der Waals surface area contributed by atoms with E-state index in [-0.39, 0.29) is 23.6 Å². The van der Waals surface area contributed by atoms with Gasteiger partial charge in [0.25, 0.3) is 5.88 Å². The third-order valence-corrected chi connectivity index (χ3v) is 2.07. The number of hydrogen-bond donors (Lipinski definition) is 0. The number of aryl methyl sites for hydroxylation is 1. The van der Waals surface area contributed by atoms with Gasteiger partial charge in [-0.2, -0.15) is 0 Å². The highest BCUT2D eigenvalue weighted by molar-refractivity contribution is 5.91. The summed E-state index contributed by atoms with van der Waals surface area (Å²) >= 11 is 0. The van der Waals surface area contributed by atoms with Gasteiger partial charge in [-0.05, 0) is 13.8 Å². The van der Waals surface area contributed by atoms with Gasteiger partial charge in [0.15, 0.2) is 5.75 Å². The van der Waals surface area contributed by atoms with Gasteiger partial charge in [0.05, 0.1) is 25.0 Å². The topological polar surface area (TPSA) is 57.7 Å². The van der Waals surface area contributed by atoms with Gasteiger partial charge < -0.3 is 14.2 Å². The van der Waals surface area contributed by atoms with E-state index in [1.54, 1.807) is 6.92 Å². The minimum atomic E-state index is -4.89. The molecule has 8 heteroatoms. The first-order chi connectivity index (χ1) is 8.78. The largest absolute Gasteiger partial charge is 0.574 e. The van der Waals surface area contributed by atoms with Crippen molar-refractivity contribution in [3.8, 4) is 11.6 Å². The minimum Gasteiger partial charge on any atom is -0.491 e. The van der Waals surface area contributed by atoms with Crippen molar-refractivity contribution in [2.75, 3.05) is 13.7 Å². The van der Waals surface area contributed by atoms with E-state index in [1.165, 1.54) is 6.92 Å². The lowest BCUT2D eigenvalue weighted by Gasteiger charge is -2.13. The van der Waals surface area contributed by atoms with Crippen LogP contribution >= 0.6 is 0 Å². The zero-order valence-corrected chi connectivity index (χ0v) is 10.5. The van der Waals surface area contributed by atoms with Crippen molar-refractivity contribution < 1.29 is 32.2 Å².